The Morgan fingerprint density at radius 1 is 0.644 bits per heavy atom. The van der Waals surface area contributed by atoms with Crippen LogP contribution in [-0.2, 0) is 31.6 Å². The maximum Gasteiger partial charge on any atom is 0.257 e. The lowest BCUT2D eigenvalue weighted by Crippen LogP contribution is -2.21. The normalized spacial score (nSPS) is 10.5. The van der Waals surface area contributed by atoms with E-state index < -0.39 is 0 Å². The minimum atomic E-state index is -0.256. The van der Waals surface area contributed by atoms with E-state index in [9.17, 15) is 29.4 Å². The van der Waals surface area contributed by atoms with Crippen LogP contribution in [0.25, 0.3) is 0 Å². The summed E-state index contributed by atoms with van der Waals surface area (Å²) in [5.74, 6) is 1.35. The summed E-state index contributed by atoms with van der Waals surface area (Å²) in [5.41, 5.74) is 6.93. The second-order valence-electron chi connectivity index (χ2n) is 13.5. The van der Waals surface area contributed by atoms with Crippen LogP contribution in [0.5, 0.6) is 11.8 Å². The molecule has 3 aromatic carbocycles. The van der Waals surface area contributed by atoms with Gasteiger partial charge in [-0.3, -0.25) is 32.9 Å². The molecule has 0 amide bonds. The number of carbonyl (C=O) groups is 1. The Hall–Kier alpha value is -5.57. The van der Waals surface area contributed by atoms with Crippen LogP contribution < -0.4 is 16.7 Å². The molecule has 0 aliphatic heterocycles. The predicted molar refractivity (Wildman–Crippen MR) is 240 cm³/mol. The zero-order valence-corrected chi connectivity index (χ0v) is 36.5. The second-order valence-corrected chi connectivity index (χ2v) is 16.4. The zero-order chi connectivity index (χ0) is 43.1. The predicted octanol–water partition coefficient (Wildman–Crippen LogP) is 8.28. The highest BCUT2D eigenvalue weighted by Crippen LogP contribution is 2.23. The van der Waals surface area contributed by atoms with Gasteiger partial charge in [0.05, 0.1) is 22.9 Å². The first-order chi connectivity index (χ1) is 28.2. The van der Waals surface area contributed by atoms with Gasteiger partial charge in [0, 0.05) is 43.3 Å². The molecule has 59 heavy (non-hydrogen) atoms. The van der Waals surface area contributed by atoms with E-state index in [1.54, 1.807) is 28.3 Å². The summed E-state index contributed by atoms with van der Waals surface area (Å²) in [4.78, 5) is 55.4. The number of Topliss-reactive ketones (excluding diaryl/α,β-unsaturated/α-hetero) is 1. The van der Waals surface area contributed by atoms with Crippen molar-refractivity contribution in [3.05, 3.63) is 180 Å². The Bertz CT molecular complexity index is 2530. The average Bonchev–Trinajstić information content (AvgIpc) is 3.20. The van der Waals surface area contributed by atoms with Gasteiger partial charge in [0.2, 0.25) is 11.8 Å². The van der Waals surface area contributed by atoms with Gasteiger partial charge >= 0.3 is 0 Å². The summed E-state index contributed by atoms with van der Waals surface area (Å²) in [7, 11) is 1.65. The smallest absolute Gasteiger partial charge is 0.257 e. The van der Waals surface area contributed by atoms with Crippen molar-refractivity contribution in [2.45, 2.75) is 74.6 Å². The van der Waals surface area contributed by atoms with Gasteiger partial charge in [-0.2, -0.15) is 9.97 Å². The fourth-order valence-electron chi connectivity index (χ4n) is 5.26. The first-order valence-electron chi connectivity index (χ1n) is 18.7. The highest BCUT2D eigenvalue weighted by molar-refractivity contribution is 8.00. The molecule has 0 spiro atoms. The molecule has 6 rings (SSSR count). The van der Waals surface area contributed by atoms with Gasteiger partial charge in [-0.25, -0.2) is 0 Å². The Balaban J connectivity index is 0.000000197. The molecule has 0 aliphatic rings. The van der Waals surface area contributed by atoms with Crippen LogP contribution in [-0.4, -0.2) is 45.4 Å². The van der Waals surface area contributed by atoms with Crippen LogP contribution >= 0.6 is 35.3 Å². The van der Waals surface area contributed by atoms with Crippen LogP contribution in [0.4, 0.5) is 0 Å². The first kappa shape index (κ1) is 46.1. The Kier molecular flexibility index (Phi) is 17.6. The van der Waals surface area contributed by atoms with Crippen molar-refractivity contribution < 1.29 is 15.0 Å². The molecule has 14 heteroatoms. The monoisotopic (exact) mass is 851 g/mol. The molecule has 2 N–H and O–H groups in total. The van der Waals surface area contributed by atoms with Crippen molar-refractivity contribution in [3.8, 4) is 11.8 Å². The van der Waals surface area contributed by atoms with Crippen molar-refractivity contribution in [1.29, 1.82) is 0 Å². The van der Waals surface area contributed by atoms with Gasteiger partial charge < -0.3 is 10.2 Å². The van der Waals surface area contributed by atoms with Crippen LogP contribution in [0.1, 0.15) is 50.7 Å². The number of nitrogens with zero attached hydrogens (tertiary/aromatic N) is 5. The number of aryl methyl sites for hydroxylation is 4. The standard InChI is InChI=1S/C18H19NO2S.C14H16N2O2S.C13H14N2O2S/c1-4-9-19-17(21)10-14(3)11-18(19)22-12-16(20)15-7-5-13(2)6-8-15;1-3-16-13(18)8-12(17)15-14(16)19-9-11-6-4-10(2)5-7-11;1-9-3-5-10(6-4-9)8-18-13-14-11(16)7-12(17)15(13)2/h4-8,10-11H,1,9,12H2,2-3H3;4-8,17H,3,9H2,1-2H3;3-7,16H,8H2,1-2H3. The molecule has 0 bridgehead atoms. The van der Waals surface area contributed by atoms with E-state index in [-0.39, 0.29) is 34.2 Å². The number of hydrogen-bond donors (Lipinski definition) is 2. The average molecular weight is 852 g/mol. The van der Waals surface area contributed by atoms with Crippen molar-refractivity contribution in [1.82, 2.24) is 23.7 Å². The summed E-state index contributed by atoms with van der Waals surface area (Å²) < 4.78 is 4.62. The SMILES string of the molecule is C=CCn1c(SCC(=O)c2ccc(C)cc2)cc(C)cc1=O.CCn1c(SCc2ccc(C)cc2)nc(O)cc1=O.Cc1ccc(CSc2nc(O)cc(=O)n2C)cc1. The molecule has 0 aliphatic carbocycles. The molecule has 308 valence electrons. The zero-order valence-electron chi connectivity index (χ0n) is 34.0. The van der Waals surface area contributed by atoms with E-state index in [0.717, 1.165) is 45.2 Å². The van der Waals surface area contributed by atoms with Gasteiger partial charge in [0.1, 0.15) is 0 Å². The molecule has 11 nitrogen and oxygen atoms in total. The minimum absolute atomic E-state index is 0.0594. The summed E-state index contributed by atoms with van der Waals surface area (Å²) in [6.07, 6.45) is 1.68. The molecule has 0 radical (unpaired) electrons. The van der Waals surface area contributed by atoms with Crippen molar-refractivity contribution in [2.24, 2.45) is 7.05 Å². The van der Waals surface area contributed by atoms with E-state index in [1.807, 2.05) is 89.2 Å². The van der Waals surface area contributed by atoms with Gasteiger partial charge in [-0.05, 0) is 57.4 Å². The van der Waals surface area contributed by atoms with Crippen LogP contribution in [0.3, 0.4) is 0 Å². The number of thioether (sulfide) groups is 3. The minimum Gasteiger partial charge on any atom is -0.493 e. The molecule has 0 fully saturated rings. The molecule has 0 saturated carbocycles. The quantitative estimate of drug-likeness (QED) is 0.0501. The van der Waals surface area contributed by atoms with Crippen LogP contribution in [0, 0.1) is 27.7 Å². The largest absolute Gasteiger partial charge is 0.493 e. The van der Waals surface area contributed by atoms with Gasteiger partial charge in [-0.15, -0.1) is 6.58 Å². The fraction of sp³-hybridized carbons (Fsp3) is 0.244. The summed E-state index contributed by atoms with van der Waals surface area (Å²) in [6, 6.07) is 29.7. The van der Waals surface area contributed by atoms with E-state index in [2.05, 4.69) is 40.8 Å². The van der Waals surface area contributed by atoms with Gasteiger partial charge in [-0.1, -0.05) is 131 Å². The third-order valence-electron chi connectivity index (χ3n) is 8.60. The lowest BCUT2D eigenvalue weighted by atomic mass is 10.1. The third-order valence-corrected chi connectivity index (χ3v) is 11.8. The lowest BCUT2D eigenvalue weighted by molar-refractivity contribution is 0.102. The number of benzene rings is 3. The van der Waals surface area contributed by atoms with Crippen LogP contribution in [0.15, 0.2) is 139 Å². The Morgan fingerprint density at radius 2 is 1.12 bits per heavy atom. The van der Waals surface area contributed by atoms with E-state index in [1.165, 1.54) is 51.0 Å². The summed E-state index contributed by atoms with van der Waals surface area (Å²) >= 11 is 4.27. The fourth-order valence-corrected chi connectivity index (χ4v) is 8.25. The molecule has 0 unspecified atom stereocenters. The van der Waals surface area contributed by atoms with Crippen LogP contribution in [0.2, 0.25) is 0 Å². The van der Waals surface area contributed by atoms with E-state index in [4.69, 9.17) is 0 Å². The van der Waals surface area contributed by atoms with Crippen molar-refractivity contribution in [2.75, 3.05) is 5.75 Å². The number of hydrogen-bond acceptors (Lipinski definition) is 11. The second kappa shape index (κ2) is 22.5. The van der Waals surface area contributed by atoms with Gasteiger partial charge in [0.15, 0.2) is 16.1 Å². The Morgan fingerprint density at radius 3 is 1.64 bits per heavy atom. The lowest BCUT2D eigenvalue weighted by Gasteiger charge is -2.11. The summed E-state index contributed by atoms with van der Waals surface area (Å²) in [5, 5.41) is 20.6. The molecular formula is C45H49N5O6S3. The topological polar surface area (TPSA) is 149 Å². The Labute approximate surface area is 356 Å². The molecular weight excluding hydrogens is 803 g/mol. The van der Waals surface area contributed by atoms with Crippen molar-refractivity contribution >= 4 is 41.1 Å². The molecule has 0 atom stereocenters. The number of aromatic hydroxyl groups is 2. The number of carbonyl (C=O) groups excluding carboxylic acids is 1. The number of aromatic nitrogens is 5. The highest BCUT2D eigenvalue weighted by Gasteiger charge is 2.11. The molecule has 3 heterocycles. The van der Waals surface area contributed by atoms with Crippen molar-refractivity contribution in [3.63, 3.8) is 0 Å². The van der Waals surface area contributed by atoms with E-state index >= 15 is 0 Å². The highest BCUT2D eigenvalue weighted by atomic mass is 32.2. The molecule has 3 aromatic heterocycles. The number of pyridine rings is 1. The third kappa shape index (κ3) is 14.3. The number of ketones is 1. The van der Waals surface area contributed by atoms with Gasteiger partial charge in [0.25, 0.3) is 16.7 Å². The summed E-state index contributed by atoms with van der Waals surface area (Å²) in [6.45, 7) is 14.5. The maximum absolute atomic E-state index is 12.2. The maximum atomic E-state index is 12.2. The number of allylic oxidation sites excluding steroid dienone is 1. The molecule has 6 aromatic rings. The van der Waals surface area contributed by atoms with E-state index in [0.29, 0.717) is 40.5 Å². The first-order valence-corrected chi connectivity index (χ1v) is 21.6. The molecule has 0 saturated heterocycles. The number of rotatable bonds is 13.